The number of hydrogen-bond acceptors (Lipinski definition) is 3. The summed E-state index contributed by atoms with van der Waals surface area (Å²) in [7, 11) is 1.45. The Labute approximate surface area is 122 Å². The molecule has 0 radical (unpaired) electrons. The van der Waals surface area contributed by atoms with E-state index in [0.717, 1.165) is 16.9 Å². The molecule has 1 heterocycles. The predicted octanol–water partition coefficient (Wildman–Crippen LogP) is 4.36. The van der Waals surface area contributed by atoms with Crippen molar-refractivity contribution in [2.75, 3.05) is 12.4 Å². The maximum atomic E-state index is 13.7. The van der Waals surface area contributed by atoms with Crippen LogP contribution in [0.15, 0.2) is 30.3 Å². The maximum Gasteiger partial charge on any atom is 0.165 e. The number of benzene rings is 1. The van der Waals surface area contributed by atoms with Crippen LogP contribution in [0.1, 0.15) is 24.2 Å². The van der Waals surface area contributed by atoms with Crippen molar-refractivity contribution in [1.29, 1.82) is 0 Å². The van der Waals surface area contributed by atoms with Gasteiger partial charge in [0.05, 0.1) is 18.5 Å². The zero-order valence-electron chi connectivity index (χ0n) is 11.6. The van der Waals surface area contributed by atoms with E-state index in [9.17, 15) is 4.39 Å². The lowest BCUT2D eigenvalue weighted by atomic mass is 10.1. The third-order valence-corrected chi connectivity index (χ3v) is 3.31. The lowest BCUT2D eigenvalue weighted by Gasteiger charge is -2.17. The third-order valence-electron chi connectivity index (χ3n) is 3.10. The number of nitrogens with zero attached hydrogens (tertiary/aromatic N) is 1. The van der Waals surface area contributed by atoms with Gasteiger partial charge < -0.3 is 10.1 Å². The van der Waals surface area contributed by atoms with Crippen LogP contribution >= 0.6 is 11.6 Å². The number of anilines is 1. The number of aryl methyl sites for hydroxylation is 1. The van der Waals surface area contributed by atoms with Gasteiger partial charge in [0.15, 0.2) is 11.6 Å². The summed E-state index contributed by atoms with van der Waals surface area (Å²) in [6, 6.07) is 8.44. The van der Waals surface area contributed by atoms with Gasteiger partial charge >= 0.3 is 0 Å². The molecule has 1 atom stereocenters. The van der Waals surface area contributed by atoms with Gasteiger partial charge in [0.2, 0.25) is 0 Å². The molecule has 106 valence electrons. The Morgan fingerprint density at radius 1 is 1.30 bits per heavy atom. The summed E-state index contributed by atoms with van der Waals surface area (Å²) in [5.74, 6) is -0.130. The van der Waals surface area contributed by atoms with Crippen LogP contribution in [0.5, 0.6) is 5.75 Å². The van der Waals surface area contributed by atoms with Crippen LogP contribution in [0.3, 0.4) is 0 Å². The topological polar surface area (TPSA) is 34.1 Å². The standard InChI is InChI=1S/C15H16ClFN2O/c1-9(11-4-6-14(20-3)12(17)8-11)18-13-5-7-15(16)19-10(13)2/h4-9,18H,1-3H3. The minimum absolute atomic E-state index is 0.0583. The van der Waals surface area contributed by atoms with E-state index in [4.69, 9.17) is 16.3 Å². The van der Waals surface area contributed by atoms with Crippen molar-refractivity contribution in [2.45, 2.75) is 19.9 Å². The lowest BCUT2D eigenvalue weighted by molar-refractivity contribution is 0.386. The zero-order chi connectivity index (χ0) is 14.7. The molecule has 5 heteroatoms. The van der Waals surface area contributed by atoms with Crippen molar-refractivity contribution in [1.82, 2.24) is 4.98 Å². The fourth-order valence-electron chi connectivity index (χ4n) is 1.95. The van der Waals surface area contributed by atoms with E-state index in [1.807, 2.05) is 26.0 Å². The SMILES string of the molecule is COc1ccc(C(C)Nc2ccc(Cl)nc2C)cc1F. The summed E-state index contributed by atoms with van der Waals surface area (Å²) in [6.07, 6.45) is 0. The highest BCUT2D eigenvalue weighted by Gasteiger charge is 2.11. The Morgan fingerprint density at radius 2 is 2.05 bits per heavy atom. The molecular weight excluding hydrogens is 279 g/mol. The number of halogens is 2. The molecule has 3 nitrogen and oxygen atoms in total. The van der Waals surface area contributed by atoms with Gasteiger partial charge in [0, 0.05) is 6.04 Å². The van der Waals surface area contributed by atoms with E-state index in [1.54, 1.807) is 12.1 Å². The molecule has 1 aromatic carbocycles. The molecular formula is C15H16ClFN2O. The Kier molecular flexibility index (Phi) is 4.45. The number of nitrogens with one attached hydrogen (secondary N) is 1. The zero-order valence-corrected chi connectivity index (χ0v) is 12.3. The number of hydrogen-bond donors (Lipinski definition) is 1. The van der Waals surface area contributed by atoms with E-state index in [2.05, 4.69) is 10.3 Å². The van der Waals surface area contributed by atoms with Crippen LogP contribution in [0.4, 0.5) is 10.1 Å². The molecule has 0 aliphatic heterocycles. The van der Waals surface area contributed by atoms with Crippen LogP contribution in [0.25, 0.3) is 0 Å². The molecule has 2 aromatic rings. The number of rotatable bonds is 4. The number of ether oxygens (including phenoxy) is 1. The van der Waals surface area contributed by atoms with Crippen molar-refractivity contribution in [2.24, 2.45) is 0 Å². The van der Waals surface area contributed by atoms with Crippen molar-refractivity contribution < 1.29 is 9.13 Å². The van der Waals surface area contributed by atoms with Gasteiger partial charge in [-0.2, -0.15) is 0 Å². The summed E-state index contributed by atoms with van der Waals surface area (Å²) in [4.78, 5) is 4.17. The Bertz CT molecular complexity index is 619. The molecule has 0 saturated carbocycles. The van der Waals surface area contributed by atoms with Crippen molar-refractivity contribution >= 4 is 17.3 Å². The Hall–Kier alpha value is -1.81. The second kappa shape index (κ2) is 6.09. The first-order valence-corrected chi connectivity index (χ1v) is 6.62. The maximum absolute atomic E-state index is 13.7. The quantitative estimate of drug-likeness (QED) is 0.851. The molecule has 0 bridgehead atoms. The second-order valence-electron chi connectivity index (χ2n) is 4.53. The molecule has 0 amide bonds. The number of aromatic nitrogens is 1. The van der Waals surface area contributed by atoms with Gasteiger partial charge in [-0.15, -0.1) is 0 Å². The van der Waals surface area contributed by atoms with E-state index in [-0.39, 0.29) is 17.6 Å². The number of pyridine rings is 1. The van der Waals surface area contributed by atoms with Crippen LogP contribution in [-0.2, 0) is 0 Å². The van der Waals surface area contributed by atoms with Crippen LogP contribution in [0, 0.1) is 12.7 Å². The first kappa shape index (κ1) is 14.6. The summed E-state index contributed by atoms with van der Waals surface area (Å²) in [5.41, 5.74) is 2.51. The first-order chi connectivity index (χ1) is 9.51. The van der Waals surface area contributed by atoms with Gasteiger partial charge in [0.1, 0.15) is 5.15 Å². The molecule has 1 N–H and O–H groups in total. The summed E-state index contributed by atoms with van der Waals surface area (Å²) in [6.45, 7) is 3.82. The summed E-state index contributed by atoms with van der Waals surface area (Å²) in [5, 5.41) is 3.74. The molecule has 0 aliphatic carbocycles. The normalized spacial score (nSPS) is 12.1. The second-order valence-corrected chi connectivity index (χ2v) is 4.91. The van der Waals surface area contributed by atoms with Gasteiger partial charge in [0.25, 0.3) is 0 Å². The molecule has 20 heavy (non-hydrogen) atoms. The molecule has 0 fully saturated rings. The van der Waals surface area contributed by atoms with Gasteiger partial charge in [-0.3, -0.25) is 0 Å². The van der Waals surface area contributed by atoms with E-state index in [1.165, 1.54) is 13.2 Å². The molecule has 0 spiro atoms. The molecule has 0 aliphatic rings. The molecule has 2 rings (SSSR count). The minimum Gasteiger partial charge on any atom is -0.494 e. The van der Waals surface area contributed by atoms with Gasteiger partial charge in [-0.05, 0) is 43.7 Å². The van der Waals surface area contributed by atoms with Crippen LogP contribution < -0.4 is 10.1 Å². The first-order valence-electron chi connectivity index (χ1n) is 6.24. The van der Waals surface area contributed by atoms with Crippen molar-refractivity contribution in [3.63, 3.8) is 0 Å². The van der Waals surface area contributed by atoms with E-state index >= 15 is 0 Å². The van der Waals surface area contributed by atoms with Gasteiger partial charge in [-0.1, -0.05) is 17.7 Å². The number of methoxy groups -OCH3 is 1. The lowest BCUT2D eigenvalue weighted by Crippen LogP contribution is -2.08. The molecule has 1 unspecified atom stereocenters. The molecule has 1 aromatic heterocycles. The third kappa shape index (κ3) is 3.20. The summed E-state index contributed by atoms with van der Waals surface area (Å²) < 4.78 is 18.6. The fraction of sp³-hybridized carbons (Fsp3) is 0.267. The largest absolute Gasteiger partial charge is 0.494 e. The van der Waals surface area contributed by atoms with E-state index < -0.39 is 0 Å². The average molecular weight is 295 g/mol. The van der Waals surface area contributed by atoms with E-state index in [0.29, 0.717) is 5.15 Å². The Balaban J connectivity index is 2.19. The molecule has 0 saturated heterocycles. The monoisotopic (exact) mass is 294 g/mol. The summed E-state index contributed by atoms with van der Waals surface area (Å²) >= 11 is 5.82. The van der Waals surface area contributed by atoms with Gasteiger partial charge in [-0.25, -0.2) is 9.37 Å². The smallest absolute Gasteiger partial charge is 0.165 e. The highest BCUT2D eigenvalue weighted by atomic mass is 35.5. The van der Waals surface area contributed by atoms with Crippen LogP contribution in [-0.4, -0.2) is 12.1 Å². The minimum atomic E-state index is -0.371. The predicted molar refractivity (Wildman–Crippen MR) is 79.0 cm³/mol. The average Bonchev–Trinajstić information content (AvgIpc) is 2.41. The Morgan fingerprint density at radius 3 is 2.65 bits per heavy atom. The fourth-order valence-corrected chi connectivity index (χ4v) is 2.14. The van der Waals surface area contributed by atoms with Crippen LogP contribution in [0.2, 0.25) is 5.15 Å². The highest BCUT2D eigenvalue weighted by molar-refractivity contribution is 6.29. The van der Waals surface area contributed by atoms with Crippen molar-refractivity contribution in [3.05, 3.63) is 52.6 Å². The highest BCUT2D eigenvalue weighted by Crippen LogP contribution is 2.25. The van der Waals surface area contributed by atoms with Crippen molar-refractivity contribution in [3.8, 4) is 5.75 Å².